The van der Waals surface area contributed by atoms with Crippen LogP contribution >= 0.6 is 15.9 Å². The van der Waals surface area contributed by atoms with Crippen molar-refractivity contribution in [2.45, 2.75) is 11.8 Å². The Bertz CT molecular complexity index is 763. The van der Waals surface area contributed by atoms with Gasteiger partial charge >= 0.3 is 5.97 Å². The van der Waals surface area contributed by atoms with E-state index in [0.29, 0.717) is 22.0 Å². The highest BCUT2D eigenvalue weighted by Gasteiger charge is 2.55. The molecule has 0 N–H and O–H groups in total. The van der Waals surface area contributed by atoms with Crippen molar-refractivity contribution in [3.8, 4) is 0 Å². The third-order valence-electron chi connectivity index (χ3n) is 4.21. The second-order valence-corrected chi connectivity index (χ2v) is 6.37. The molecule has 0 saturated carbocycles. The van der Waals surface area contributed by atoms with Crippen LogP contribution in [0.15, 0.2) is 54.6 Å². The number of ketones is 2. The van der Waals surface area contributed by atoms with Crippen LogP contribution in [0, 0.1) is 0 Å². The lowest BCUT2D eigenvalue weighted by Crippen LogP contribution is -2.43. The number of Topliss-reactive ketones (excluding diaryl/α,β-unsaturated/α-hetero) is 2. The number of alkyl halides is 1. The molecular formula is C19H15BrO4. The first kappa shape index (κ1) is 16.6. The molecule has 0 atom stereocenters. The van der Waals surface area contributed by atoms with E-state index < -0.39 is 11.4 Å². The van der Waals surface area contributed by atoms with Gasteiger partial charge in [-0.3, -0.25) is 14.4 Å². The zero-order chi connectivity index (χ0) is 17.2. The Balaban J connectivity index is 2.06. The number of rotatable bonds is 5. The van der Waals surface area contributed by atoms with Crippen LogP contribution in [0.2, 0.25) is 0 Å². The summed E-state index contributed by atoms with van der Waals surface area (Å²) in [6.45, 7) is -0.283. The van der Waals surface area contributed by atoms with Crippen LogP contribution in [0.4, 0.5) is 0 Å². The lowest BCUT2D eigenvalue weighted by molar-refractivity contribution is -0.143. The largest absolute Gasteiger partial charge is 0.464 e. The van der Waals surface area contributed by atoms with Gasteiger partial charge in [0.25, 0.3) is 0 Å². The summed E-state index contributed by atoms with van der Waals surface area (Å²) in [4.78, 5) is 37.9. The Kier molecular flexibility index (Phi) is 4.62. The van der Waals surface area contributed by atoms with E-state index in [-0.39, 0.29) is 24.6 Å². The van der Waals surface area contributed by atoms with Gasteiger partial charge in [0.2, 0.25) is 0 Å². The second-order valence-electron chi connectivity index (χ2n) is 5.57. The van der Waals surface area contributed by atoms with E-state index in [9.17, 15) is 14.4 Å². The van der Waals surface area contributed by atoms with Crippen molar-refractivity contribution >= 4 is 33.5 Å². The molecule has 0 aromatic heterocycles. The van der Waals surface area contributed by atoms with Gasteiger partial charge in [0.05, 0.1) is 6.42 Å². The fourth-order valence-corrected chi connectivity index (χ4v) is 3.30. The smallest absolute Gasteiger partial charge is 0.306 e. The number of hydrogen-bond acceptors (Lipinski definition) is 4. The highest BCUT2D eigenvalue weighted by atomic mass is 79.9. The highest BCUT2D eigenvalue weighted by molar-refractivity contribution is 9.09. The van der Waals surface area contributed by atoms with E-state index in [1.807, 2.05) is 6.07 Å². The summed E-state index contributed by atoms with van der Waals surface area (Å²) >= 11 is 3.17. The predicted octanol–water partition coefficient (Wildman–Crippen LogP) is 3.33. The normalized spacial score (nSPS) is 15.2. The molecule has 0 bridgehead atoms. The van der Waals surface area contributed by atoms with Crippen LogP contribution in [0.25, 0.3) is 0 Å². The number of fused-ring (bicyclic) bond motifs is 1. The Hall–Kier alpha value is -2.27. The number of hydrogen-bond donors (Lipinski definition) is 0. The number of ether oxygens (including phenoxy) is 1. The fraction of sp³-hybridized carbons (Fsp3) is 0.211. The Morgan fingerprint density at radius 2 is 1.46 bits per heavy atom. The molecule has 0 spiro atoms. The number of carbonyl (C=O) groups excluding carboxylic acids is 3. The van der Waals surface area contributed by atoms with Crippen LogP contribution in [0.1, 0.15) is 32.7 Å². The molecule has 0 radical (unpaired) electrons. The molecule has 0 fully saturated rings. The number of esters is 1. The summed E-state index contributed by atoms with van der Waals surface area (Å²) < 4.78 is 5.29. The van der Waals surface area contributed by atoms with Crippen molar-refractivity contribution in [1.29, 1.82) is 0 Å². The molecule has 1 aliphatic carbocycles. The topological polar surface area (TPSA) is 60.4 Å². The van der Waals surface area contributed by atoms with Crippen molar-refractivity contribution in [2.24, 2.45) is 0 Å². The van der Waals surface area contributed by atoms with Crippen LogP contribution in [-0.2, 0) is 14.9 Å². The minimum atomic E-state index is -1.49. The first-order valence-electron chi connectivity index (χ1n) is 7.57. The van der Waals surface area contributed by atoms with Gasteiger partial charge in [-0.05, 0) is 5.56 Å². The van der Waals surface area contributed by atoms with E-state index in [1.54, 1.807) is 48.5 Å². The molecule has 2 aromatic rings. The van der Waals surface area contributed by atoms with Gasteiger partial charge in [-0.1, -0.05) is 70.5 Å². The van der Waals surface area contributed by atoms with Gasteiger partial charge in [-0.25, -0.2) is 0 Å². The minimum absolute atomic E-state index is 0.181. The zero-order valence-corrected chi connectivity index (χ0v) is 14.4. The first-order chi connectivity index (χ1) is 11.6. The van der Waals surface area contributed by atoms with Crippen molar-refractivity contribution in [3.63, 3.8) is 0 Å². The molecule has 2 aromatic carbocycles. The van der Waals surface area contributed by atoms with E-state index in [1.165, 1.54) is 0 Å². The number of carbonyl (C=O) groups is 3. The molecule has 0 unspecified atom stereocenters. The van der Waals surface area contributed by atoms with Crippen molar-refractivity contribution in [1.82, 2.24) is 0 Å². The maximum atomic E-state index is 13.1. The monoisotopic (exact) mass is 386 g/mol. The molecule has 4 nitrogen and oxygen atoms in total. The highest BCUT2D eigenvalue weighted by Crippen LogP contribution is 2.40. The molecule has 0 heterocycles. The lowest BCUT2D eigenvalue weighted by Gasteiger charge is -2.26. The van der Waals surface area contributed by atoms with E-state index >= 15 is 0 Å². The SMILES string of the molecule is O=C(CCBr)OCC1(c2ccccc2)C(=O)c2ccccc2C1=O. The summed E-state index contributed by atoms with van der Waals surface area (Å²) in [5.41, 5.74) is -0.193. The molecule has 24 heavy (non-hydrogen) atoms. The van der Waals surface area contributed by atoms with Crippen molar-refractivity contribution < 1.29 is 19.1 Å². The quantitative estimate of drug-likeness (QED) is 0.449. The van der Waals surface area contributed by atoms with Crippen LogP contribution in [0.5, 0.6) is 0 Å². The summed E-state index contributed by atoms with van der Waals surface area (Å²) in [6, 6.07) is 15.5. The second kappa shape index (κ2) is 6.69. The molecule has 1 aliphatic rings. The van der Waals surface area contributed by atoms with E-state index in [2.05, 4.69) is 15.9 Å². The summed E-state index contributed by atoms with van der Waals surface area (Å²) in [6.07, 6.45) is 0.181. The van der Waals surface area contributed by atoms with Crippen molar-refractivity contribution in [2.75, 3.05) is 11.9 Å². The third-order valence-corrected chi connectivity index (χ3v) is 4.60. The number of benzene rings is 2. The van der Waals surface area contributed by atoms with Crippen LogP contribution < -0.4 is 0 Å². The summed E-state index contributed by atoms with van der Waals surface area (Å²) in [5.74, 6) is -1.08. The van der Waals surface area contributed by atoms with Crippen molar-refractivity contribution in [3.05, 3.63) is 71.3 Å². The standard InChI is InChI=1S/C19H15BrO4/c20-11-10-16(21)24-12-19(13-6-2-1-3-7-13)17(22)14-8-4-5-9-15(14)18(19)23/h1-9H,10-12H2. The first-order valence-corrected chi connectivity index (χ1v) is 8.69. The molecule has 0 aliphatic heterocycles. The fourth-order valence-electron chi connectivity index (χ4n) is 2.98. The van der Waals surface area contributed by atoms with Gasteiger partial charge in [0.15, 0.2) is 17.0 Å². The van der Waals surface area contributed by atoms with Gasteiger partial charge in [0, 0.05) is 16.5 Å². The molecule has 122 valence electrons. The average Bonchev–Trinajstić information content (AvgIpc) is 2.83. The van der Waals surface area contributed by atoms with Gasteiger partial charge in [-0.15, -0.1) is 0 Å². The average molecular weight is 387 g/mol. The van der Waals surface area contributed by atoms with E-state index in [0.717, 1.165) is 0 Å². The van der Waals surface area contributed by atoms with E-state index in [4.69, 9.17) is 4.74 Å². The van der Waals surface area contributed by atoms with Gasteiger partial charge in [0.1, 0.15) is 6.61 Å². The maximum absolute atomic E-state index is 13.1. The molecular weight excluding hydrogens is 372 g/mol. The Morgan fingerprint density at radius 3 is 2.00 bits per heavy atom. The number of halogens is 1. The minimum Gasteiger partial charge on any atom is -0.464 e. The van der Waals surface area contributed by atoms with Gasteiger partial charge < -0.3 is 4.74 Å². The zero-order valence-electron chi connectivity index (χ0n) is 12.8. The lowest BCUT2D eigenvalue weighted by atomic mass is 9.76. The van der Waals surface area contributed by atoms with Crippen LogP contribution in [-0.4, -0.2) is 29.5 Å². The van der Waals surface area contributed by atoms with Gasteiger partial charge in [-0.2, -0.15) is 0 Å². The summed E-state index contributed by atoms with van der Waals surface area (Å²) in [5, 5.41) is 0.465. The Morgan fingerprint density at radius 1 is 0.917 bits per heavy atom. The molecule has 3 rings (SSSR count). The predicted molar refractivity (Wildman–Crippen MR) is 92.6 cm³/mol. The summed E-state index contributed by atoms with van der Waals surface area (Å²) in [7, 11) is 0. The third kappa shape index (κ3) is 2.59. The maximum Gasteiger partial charge on any atom is 0.306 e. The molecule has 5 heteroatoms. The molecule has 0 saturated heterocycles. The molecule has 0 amide bonds. The van der Waals surface area contributed by atoms with Crippen LogP contribution in [0.3, 0.4) is 0 Å². The Labute approximate surface area is 148 Å².